The van der Waals surface area contributed by atoms with Crippen molar-refractivity contribution in [3.8, 4) is 17.2 Å². The van der Waals surface area contributed by atoms with Gasteiger partial charge in [0.05, 0.1) is 13.2 Å². The lowest BCUT2D eigenvalue weighted by atomic mass is 10.0. The van der Waals surface area contributed by atoms with Crippen LogP contribution in [0.25, 0.3) is 0 Å². The minimum atomic E-state index is -0.625. The Bertz CT molecular complexity index is 1370. The number of hydrogen-bond donors (Lipinski definition) is 2. The second-order valence-electron chi connectivity index (χ2n) is 9.10. The number of piperidine rings is 1. The molecule has 2 aromatic carbocycles. The Labute approximate surface area is 222 Å². The van der Waals surface area contributed by atoms with E-state index in [1.54, 1.807) is 23.1 Å². The third kappa shape index (κ3) is 6.22. The van der Waals surface area contributed by atoms with E-state index in [1.165, 1.54) is 36.3 Å². The molecule has 4 bridgehead atoms. The largest absolute Gasteiger partial charge is 0.493 e. The van der Waals surface area contributed by atoms with Crippen molar-refractivity contribution in [3.63, 3.8) is 0 Å². The summed E-state index contributed by atoms with van der Waals surface area (Å²) < 4.78 is 32.9. The average molecular weight is 540 g/mol. The molecule has 3 aromatic rings. The number of ether oxygens (including phenoxy) is 3. The highest BCUT2D eigenvalue weighted by atomic mass is 19.1. The molecule has 14 heteroatoms. The Balaban J connectivity index is 1.41. The highest BCUT2D eigenvalue weighted by Gasteiger charge is 2.34. The van der Waals surface area contributed by atoms with Gasteiger partial charge < -0.3 is 29.7 Å². The van der Waals surface area contributed by atoms with E-state index in [2.05, 4.69) is 26.2 Å². The van der Waals surface area contributed by atoms with Crippen LogP contribution in [0, 0.1) is 5.82 Å². The van der Waals surface area contributed by atoms with E-state index in [-0.39, 0.29) is 49.2 Å². The highest BCUT2D eigenvalue weighted by molar-refractivity contribution is 5.95. The molecular formula is C25H26FN7O6. The van der Waals surface area contributed by atoms with Crippen molar-refractivity contribution < 1.29 is 33.0 Å². The Morgan fingerprint density at radius 3 is 2.90 bits per heavy atom. The second-order valence-corrected chi connectivity index (χ2v) is 9.10. The van der Waals surface area contributed by atoms with E-state index in [0.29, 0.717) is 24.3 Å². The fourth-order valence-electron chi connectivity index (χ4n) is 4.50. The second kappa shape index (κ2) is 11.3. The van der Waals surface area contributed by atoms with Crippen LogP contribution < -0.4 is 24.8 Å². The monoisotopic (exact) mass is 539 g/mol. The highest BCUT2D eigenvalue weighted by Crippen LogP contribution is 2.28. The van der Waals surface area contributed by atoms with E-state index < -0.39 is 29.8 Å². The molecule has 1 fully saturated rings. The molecule has 1 aromatic heterocycles. The normalized spacial score (nSPS) is 19.6. The minimum absolute atomic E-state index is 0.0550. The number of nitrogens with one attached hydrogen (secondary N) is 2. The van der Waals surface area contributed by atoms with Gasteiger partial charge in [0, 0.05) is 37.7 Å². The van der Waals surface area contributed by atoms with Crippen LogP contribution in [0.4, 0.5) is 4.39 Å². The summed E-state index contributed by atoms with van der Waals surface area (Å²) in [4.78, 5) is 40.1. The third-order valence-electron chi connectivity index (χ3n) is 6.39. The average Bonchev–Trinajstić information content (AvgIpc) is 3.43. The first-order chi connectivity index (χ1) is 18.9. The number of nitrogens with zero attached hydrogens (tertiary/aromatic N) is 5. The molecular weight excluding hydrogens is 513 g/mol. The third-order valence-corrected chi connectivity index (χ3v) is 6.39. The van der Waals surface area contributed by atoms with Crippen LogP contribution in [0.2, 0.25) is 0 Å². The van der Waals surface area contributed by atoms with Crippen molar-refractivity contribution >= 4 is 17.7 Å². The topological polar surface area (TPSA) is 150 Å². The molecule has 204 valence electrons. The number of halogens is 1. The van der Waals surface area contributed by atoms with Gasteiger partial charge in [-0.3, -0.25) is 14.4 Å². The van der Waals surface area contributed by atoms with Crippen molar-refractivity contribution in [1.82, 2.24) is 35.7 Å². The van der Waals surface area contributed by atoms with Gasteiger partial charge in [0.25, 0.3) is 11.8 Å². The number of fused-ring (bicyclic) bond motifs is 5. The molecule has 3 amide bonds. The molecule has 2 aliphatic rings. The Hall–Kier alpha value is -4.75. The van der Waals surface area contributed by atoms with Gasteiger partial charge in [-0.05, 0) is 46.3 Å². The van der Waals surface area contributed by atoms with E-state index >= 15 is 0 Å². The molecule has 1 saturated heterocycles. The van der Waals surface area contributed by atoms with Crippen molar-refractivity contribution in [2.75, 3.05) is 26.8 Å². The zero-order valence-corrected chi connectivity index (χ0v) is 21.0. The van der Waals surface area contributed by atoms with Gasteiger partial charge in [0.2, 0.25) is 5.91 Å². The standard InChI is InChI=1S/C25H26FN7O6/c1-37-21-3-2-16-8-22(21)38-13-23(34)29-19-11-32(24(35)12-33-14-28-30-31-33)5-4-20(19)39-18-7-15(6-17(26)9-18)10-27-25(16)36/h2-3,6-9,14,19-20H,4-5,10-13H2,1H3,(H,27,36)(H,29,34)/t19-,20+/m1/s1. The molecule has 3 heterocycles. The first-order valence-electron chi connectivity index (χ1n) is 12.2. The lowest BCUT2D eigenvalue weighted by Crippen LogP contribution is -2.59. The molecule has 13 nitrogen and oxygen atoms in total. The zero-order valence-electron chi connectivity index (χ0n) is 21.0. The van der Waals surface area contributed by atoms with Crippen LogP contribution >= 0.6 is 0 Å². The maximum Gasteiger partial charge on any atom is 0.258 e. The maximum atomic E-state index is 14.5. The summed E-state index contributed by atoms with van der Waals surface area (Å²) in [6.07, 6.45) is 1.14. The van der Waals surface area contributed by atoms with Gasteiger partial charge >= 0.3 is 0 Å². The minimum Gasteiger partial charge on any atom is -0.493 e. The van der Waals surface area contributed by atoms with Crippen LogP contribution in [0.3, 0.4) is 0 Å². The molecule has 0 unspecified atom stereocenters. The lowest BCUT2D eigenvalue weighted by Gasteiger charge is -2.38. The molecule has 0 spiro atoms. The predicted molar refractivity (Wildman–Crippen MR) is 131 cm³/mol. The number of likely N-dealkylation sites (tertiary alicyclic amines) is 1. The number of carbonyl (C=O) groups excluding carboxylic acids is 3. The number of tetrazole rings is 1. The molecule has 0 saturated carbocycles. The van der Waals surface area contributed by atoms with E-state index in [0.717, 1.165) is 0 Å². The van der Waals surface area contributed by atoms with Crippen LogP contribution in [-0.2, 0) is 22.7 Å². The number of benzene rings is 2. The van der Waals surface area contributed by atoms with E-state index in [9.17, 15) is 18.8 Å². The van der Waals surface area contributed by atoms with Crippen LogP contribution in [0.15, 0.2) is 42.7 Å². The van der Waals surface area contributed by atoms with Gasteiger partial charge in [0.15, 0.2) is 18.1 Å². The van der Waals surface area contributed by atoms with Crippen molar-refractivity contribution in [1.29, 1.82) is 0 Å². The number of aromatic nitrogens is 4. The van der Waals surface area contributed by atoms with Crippen LogP contribution in [0.1, 0.15) is 22.3 Å². The van der Waals surface area contributed by atoms with Crippen molar-refractivity contribution in [3.05, 3.63) is 59.7 Å². The van der Waals surface area contributed by atoms with E-state index in [1.807, 2.05) is 0 Å². The fourth-order valence-corrected chi connectivity index (χ4v) is 4.50. The van der Waals surface area contributed by atoms with Crippen LogP contribution in [0.5, 0.6) is 17.2 Å². The zero-order chi connectivity index (χ0) is 27.4. The summed E-state index contributed by atoms with van der Waals surface area (Å²) >= 11 is 0. The quantitative estimate of drug-likeness (QED) is 0.479. The SMILES string of the molecule is COc1ccc2cc1OCC(=O)N[C@@H]1CN(C(=O)Cn3cnnn3)CC[C@@H]1Oc1cc(F)cc(c1)CNC2=O. The van der Waals surface area contributed by atoms with Gasteiger partial charge in [0.1, 0.15) is 30.5 Å². The number of amides is 3. The summed E-state index contributed by atoms with van der Waals surface area (Å²) in [7, 11) is 1.44. The molecule has 39 heavy (non-hydrogen) atoms. The Morgan fingerprint density at radius 1 is 1.23 bits per heavy atom. The lowest BCUT2D eigenvalue weighted by molar-refractivity contribution is -0.136. The summed E-state index contributed by atoms with van der Waals surface area (Å²) in [5.74, 6) is -0.871. The number of carbonyl (C=O) groups is 3. The summed E-state index contributed by atoms with van der Waals surface area (Å²) in [6.45, 7) is 0.106. The predicted octanol–water partition coefficient (Wildman–Crippen LogP) is 0.308. The number of rotatable bonds is 3. The maximum absolute atomic E-state index is 14.5. The van der Waals surface area contributed by atoms with Crippen molar-refractivity contribution in [2.24, 2.45) is 0 Å². The fraction of sp³-hybridized carbons (Fsp3) is 0.360. The summed E-state index contributed by atoms with van der Waals surface area (Å²) in [5.41, 5.74) is 0.764. The smallest absolute Gasteiger partial charge is 0.258 e. The number of hydrogen-bond acceptors (Lipinski definition) is 9. The van der Waals surface area contributed by atoms with Gasteiger partial charge in [-0.2, -0.15) is 0 Å². The molecule has 0 radical (unpaired) electrons. The summed E-state index contributed by atoms with van der Waals surface area (Å²) in [5, 5.41) is 16.4. The van der Waals surface area contributed by atoms with Gasteiger partial charge in [-0.1, -0.05) is 0 Å². The van der Waals surface area contributed by atoms with Gasteiger partial charge in [-0.25, -0.2) is 9.07 Å². The molecule has 2 atom stereocenters. The van der Waals surface area contributed by atoms with Crippen LogP contribution in [-0.4, -0.2) is 81.8 Å². The van der Waals surface area contributed by atoms with Gasteiger partial charge in [-0.15, -0.1) is 5.10 Å². The molecule has 2 aliphatic heterocycles. The van der Waals surface area contributed by atoms with E-state index in [4.69, 9.17) is 14.2 Å². The first-order valence-corrected chi connectivity index (χ1v) is 12.2. The van der Waals surface area contributed by atoms with Crippen molar-refractivity contribution in [2.45, 2.75) is 31.7 Å². The number of methoxy groups -OCH3 is 1. The first kappa shape index (κ1) is 25.9. The molecule has 0 aliphatic carbocycles. The molecule has 2 N–H and O–H groups in total. The molecule has 5 rings (SSSR count). The Morgan fingerprint density at radius 2 is 2.10 bits per heavy atom. The summed E-state index contributed by atoms with van der Waals surface area (Å²) in [6, 6.07) is 8.13. The Kier molecular flexibility index (Phi) is 7.52.